The third-order valence-electron chi connectivity index (χ3n) is 8.06. The molecule has 9 nitrogen and oxygen atoms in total. The zero-order valence-electron chi connectivity index (χ0n) is 22.8. The fourth-order valence-corrected chi connectivity index (χ4v) is 5.93. The highest BCUT2D eigenvalue weighted by Crippen LogP contribution is 2.28. The third-order valence-corrected chi connectivity index (χ3v) is 8.06. The van der Waals surface area contributed by atoms with Crippen LogP contribution in [-0.4, -0.2) is 68.7 Å². The largest absolute Gasteiger partial charge is 0.337 e. The number of hydrogen-bond donors (Lipinski definition) is 2. The average molecular weight is 538 g/mol. The quantitative estimate of drug-likeness (QED) is 0.370. The molecule has 0 spiro atoms. The summed E-state index contributed by atoms with van der Waals surface area (Å²) >= 11 is 0. The Balaban J connectivity index is 1.18. The number of para-hydroxylation sites is 1. The SMILES string of the molecule is Cc1cc(NC(=O)NCc2cccnc2)ccc1-n1nc(C(=O)N2CCC(N3CCCC3)CC2)c2ccccc21. The van der Waals surface area contributed by atoms with Crippen LogP contribution in [0.5, 0.6) is 0 Å². The van der Waals surface area contributed by atoms with Crippen LogP contribution in [0.2, 0.25) is 0 Å². The van der Waals surface area contributed by atoms with Crippen molar-refractivity contribution in [2.45, 2.75) is 45.2 Å². The molecule has 206 valence electrons. The number of nitrogens with one attached hydrogen (secondary N) is 2. The number of aryl methyl sites for hydroxylation is 1. The lowest BCUT2D eigenvalue weighted by Crippen LogP contribution is -2.46. The second-order valence-electron chi connectivity index (χ2n) is 10.7. The van der Waals surface area contributed by atoms with E-state index in [0.29, 0.717) is 24.0 Å². The fraction of sp³-hybridized carbons (Fsp3) is 0.355. The Kier molecular flexibility index (Phi) is 7.46. The number of amides is 3. The average Bonchev–Trinajstić information content (AvgIpc) is 3.66. The van der Waals surface area contributed by atoms with Crippen molar-refractivity contribution in [3.63, 3.8) is 0 Å². The van der Waals surface area contributed by atoms with Crippen LogP contribution in [0.4, 0.5) is 10.5 Å². The van der Waals surface area contributed by atoms with Crippen molar-refractivity contribution < 1.29 is 9.59 Å². The molecule has 0 bridgehead atoms. The van der Waals surface area contributed by atoms with E-state index in [-0.39, 0.29) is 11.9 Å². The summed E-state index contributed by atoms with van der Waals surface area (Å²) in [6, 6.07) is 17.6. The van der Waals surface area contributed by atoms with Crippen LogP contribution in [0, 0.1) is 6.92 Å². The van der Waals surface area contributed by atoms with E-state index in [4.69, 9.17) is 5.10 Å². The molecule has 2 fully saturated rings. The first-order valence-electron chi connectivity index (χ1n) is 14.1. The molecule has 0 aliphatic carbocycles. The van der Waals surface area contributed by atoms with Crippen LogP contribution >= 0.6 is 0 Å². The van der Waals surface area contributed by atoms with Crippen molar-refractivity contribution in [1.29, 1.82) is 0 Å². The van der Waals surface area contributed by atoms with Crippen molar-refractivity contribution in [2.24, 2.45) is 0 Å². The molecule has 4 heterocycles. The van der Waals surface area contributed by atoms with E-state index in [1.54, 1.807) is 12.4 Å². The Hall–Kier alpha value is -4.24. The summed E-state index contributed by atoms with van der Waals surface area (Å²) in [5.74, 6) is -0.00366. The topological polar surface area (TPSA) is 95.4 Å². The first-order chi connectivity index (χ1) is 19.6. The molecular weight excluding hydrogens is 502 g/mol. The summed E-state index contributed by atoms with van der Waals surface area (Å²) in [5, 5.41) is 11.5. The molecule has 40 heavy (non-hydrogen) atoms. The number of hydrogen-bond acceptors (Lipinski definition) is 5. The Morgan fingerprint density at radius 3 is 2.52 bits per heavy atom. The van der Waals surface area contributed by atoms with Crippen LogP contribution < -0.4 is 10.6 Å². The lowest BCUT2D eigenvalue weighted by atomic mass is 10.0. The van der Waals surface area contributed by atoms with Gasteiger partial charge in [-0.3, -0.25) is 9.78 Å². The predicted molar refractivity (Wildman–Crippen MR) is 156 cm³/mol. The number of rotatable bonds is 6. The van der Waals surface area contributed by atoms with E-state index in [9.17, 15) is 9.59 Å². The molecular formula is C31H35N7O2. The summed E-state index contributed by atoms with van der Waals surface area (Å²) in [5.41, 5.74) is 4.78. The van der Waals surface area contributed by atoms with Crippen LogP contribution in [0.3, 0.4) is 0 Å². The second kappa shape index (κ2) is 11.5. The highest BCUT2D eigenvalue weighted by Gasteiger charge is 2.30. The highest BCUT2D eigenvalue weighted by molar-refractivity contribution is 6.05. The first-order valence-corrected chi connectivity index (χ1v) is 14.1. The molecule has 2 aromatic heterocycles. The van der Waals surface area contributed by atoms with Crippen molar-refractivity contribution in [3.05, 3.63) is 83.8 Å². The van der Waals surface area contributed by atoms with Gasteiger partial charge < -0.3 is 20.4 Å². The first kappa shape index (κ1) is 26.0. The standard InChI is InChI=1S/C31H35N7O2/c1-22-19-24(34-31(40)33-21-23-7-6-14-32-20-23)10-11-27(22)38-28-9-3-2-8-26(28)29(35-38)30(39)37-17-12-25(13-18-37)36-15-4-5-16-36/h2-3,6-11,14,19-20,25H,4-5,12-13,15-18,21H2,1H3,(H2,33,34,40). The molecule has 2 N–H and O–H groups in total. The summed E-state index contributed by atoms with van der Waals surface area (Å²) in [6.07, 6.45) is 8.05. The van der Waals surface area contributed by atoms with E-state index in [2.05, 4.69) is 20.5 Å². The maximum atomic E-state index is 13.7. The highest BCUT2D eigenvalue weighted by atomic mass is 16.2. The molecule has 2 aromatic carbocycles. The third kappa shape index (κ3) is 5.42. The van der Waals surface area contributed by atoms with Gasteiger partial charge in [-0.1, -0.05) is 24.3 Å². The van der Waals surface area contributed by atoms with Gasteiger partial charge in [0.05, 0.1) is 11.2 Å². The number of carbonyl (C=O) groups is 2. The minimum absolute atomic E-state index is 0.00366. The number of urea groups is 1. The number of pyridine rings is 1. The van der Waals surface area contributed by atoms with Gasteiger partial charge >= 0.3 is 6.03 Å². The maximum absolute atomic E-state index is 13.7. The number of anilines is 1. The monoisotopic (exact) mass is 537 g/mol. The molecule has 0 unspecified atom stereocenters. The lowest BCUT2D eigenvalue weighted by molar-refractivity contribution is 0.0640. The predicted octanol–water partition coefficient (Wildman–Crippen LogP) is 4.75. The van der Waals surface area contributed by atoms with E-state index in [0.717, 1.165) is 53.6 Å². The summed E-state index contributed by atoms with van der Waals surface area (Å²) in [4.78, 5) is 34.8. The number of likely N-dealkylation sites (tertiary alicyclic amines) is 2. The van der Waals surface area contributed by atoms with Gasteiger partial charge in [-0.15, -0.1) is 0 Å². The van der Waals surface area contributed by atoms with E-state index >= 15 is 0 Å². The van der Waals surface area contributed by atoms with Gasteiger partial charge in [0, 0.05) is 49.1 Å². The van der Waals surface area contributed by atoms with Crippen LogP contribution in [0.25, 0.3) is 16.6 Å². The number of aromatic nitrogens is 3. The summed E-state index contributed by atoms with van der Waals surface area (Å²) in [7, 11) is 0. The minimum atomic E-state index is -0.290. The molecule has 9 heteroatoms. The van der Waals surface area contributed by atoms with Crippen LogP contribution in [0.15, 0.2) is 67.0 Å². The Bertz CT molecular complexity index is 1500. The van der Waals surface area contributed by atoms with Crippen molar-refractivity contribution in [3.8, 4) is 5.69 Å². The molecule has 4 aromatic rings. The smallest absolute Gasteiger partial charge is 0.319 e. The van der Waals surface area contributed by atoms with Crippen molar-refractivity contribution in [2.75, 3.05) is 31.5 Å². The minimum Gasteiger partial charge on any atom is -0.337 e. The van der Waals surface area contributed by atoms with Gasteiger partial charge in [-0.05, 0) is 87.2 Å². The Morgan fingerprint density at radius 1 is 0.975 bits per heavy atom. The van der Waals surface area contributed by atoms with Gasteiger partial charge in [-0.25, -0.2) is 9.48 Å². The molecule has 6 rings (SSSR count). The van der Waals surface area contributed by atoms with E-state index in [1.165, 1.54) is 25.9 Å². The van der Waals surface area contributed by atoms with Crippen LogP contribution in [-0.2, 0) is 6.54 Å². The second-order valence-corrected chi connectivity index (χ2v) is 10.7. The zero-order chi connectivity index (χ0) is 27.5. The summed E-state index contributed by atoms with van der Waals surface area (Å²) in [6.45, 7) is 6.29. The maximum Gasteiger partial charge on any atom is 0.319 e. The molecule has 0 atom stereocenters. The van der Waals surface area contributed by atoms with Crippen molar-refractivity contribution in [1.82, 2.24) is 29.9 Å². The van der Waals surface area contributed by atoms with Gasteiger partial charge in [0.15, 0.2) is 5.69 Å². The van der Waals surface area contributed by atoms with Gasteiger partial charge in [-0.2, -0.15) is 5.10 Å². The number of piperidine rings is 1. The zero-order valence-corrected chi connectivity index (χ0v) is 22.8. The van der Waals surface area contributed by atoms with Gasteiger partial charge in [0.2, 0.25) is 0 Å². The molecule has 2 aliphatic heterocycles. The van der Waals surface area contributed by atoms with Crippen molar-refractivity contribution >= 4 is 28.5 Å². The van der Waals surface area contributed by atoms with E-state index < -0.39 is 0 Å². The molecule has 2 saturated heterocycles. The fourth-order valence-electron chi connectivity index (χ4n) is 5.93. The lowest BCUT2D eigenvalue weighted by Gasteiger charge is -2.36. The molecule has 0 radical (unpaired) electrons. The van der Waals surface area contributed by atoms with Gasteiger partial charge in [0.1, 0.15) is 0 Å². The molecule has 3 amide bonds. The van der Waals surface area contributed by atoms with E-state index in [1.807, 2.05) is 71.1 Å². The number of benzene rings is 2. The van der Waals surface area contributed by atoms with Gasteiger partial charge in [0.25, 0.3) is 5.91 Å². The van der Waals surface area contributed by atoms with Crippen LogP contribution in [0.1, 0.15) is 47.3 Å². The summed E-state index contributed by atoms with van der Waals surface area (Å²) < 4.78 is 1.85. The normalized spacial score (nSPS) is 16.4. The molecule has 2 aliphatic rings. The Labute approximate surface area is 234 Å². The number of fused-ring (bicyclic) bond motifs is 1. The Morgan fingerprint density at radius 2 is 1.77 bits per heavy atom. The number of nitrogens with zero attached hydrogens (tertiary/aromatic N) is 5. The number of carbonyl (C=O) groups excluding carboxylic acids is 2. The molecule has 0 saturated carbocycles.